The second kappa shape index (κ2) is 9.16. The molecule has 0 aliphatic heterocycles. The van der Waals surface area contributed by atoms with Gasteiger partial charge in [0, 0.05) is 35.7 Å². The molecule has 1 atom stereocenters. The van der Waals surface area contributed by atoms with Crippen LogP contribution in [0.4, 0.5) is 5.69 Å². The summed E-state index contributed by atoms with van der Waals surface area (Å²) in [5.74, 6) is 0.277. The van der Waals surface area contributed by atoms with Crippen molar-refractivity contribution in [1.82, 2.24) is 14.9 Å². The molecule has 2 aromatic carbocycles. The number of imidazole rings is 1. The van der Waals surface area contributed by atoms with Gasteiger partial charge in [-0.3, -0.25) is 9.59 Å². The lowest BCUT2D eigenvalue weighted by Gasteiger charge is -2.19. The SMILES string of the molecule is Cn1ccnc1C(NC(=O)c1ccc(NC(=O)c2cccs2)cc1)c1ccc(Cl)cc1. The van der Waals surface area contributed by atoms with Crippen molar-refractivity contribution in [3.63, 3.8) is 0 Å². The third-order valence-corrected chi connectivity index (χ3v) is 5.87. The van der Waals surface area contributed by atoms with Gasteiger partial charge in [0.25, 0.3) is 11.8 Å². The number of nitrogens with one attached hydrogen (secondary N) is 2. The van der Waals surface area contributed by atoms with Gasteiger partial charge in [-0.15, -0.1) is 11.3 Å². The van der Waals surface area contributed by atoms with E-state index in [4.69, 9.17) is 11.6 Å². The van der Waals surface area contributed by atoms with E-state index in [1.807, 2.05) is 41.4 Å². The lowest BCUT2D eigenvalue weighted by molar-refractivity contribution is 0.0940. The summed E-state index contributed by atoms with van der Waals surface area (Å²) in [6.07, 6.45) is 3.52. The van der Waals surface area contributed by atoms with E-state index in [9.17, 15) is 9.59 Å². The third-order valence-electron chi connectivity index (χ3n) is 4.75. The van der Waals surface area contributed by atoms with Crippen LogP contribution in [0.15, 0.2) is 78.4 Å². The van der Waals surface area contributed by atoms with E-state index in [1.165, 1.54) is 11.3 Å². The molecule has 156 valence electrons. The second-order valence-electron chi connectivity index (χ2n) is 6.86. The number of hydrogen-bond donors (Lipinski definition) is 2. The Morgan fingerprint density at radius 1 is 1.03 bits per heavy atom. The van der Waals surface area contributed by atoms with Crippen LogP contribution in [-0.4, -0.2) is 21.4 Å². The number of rotatable bonds is 6. The summed E-state index contributed by atoms with van der Waals surface area (Å²) >= 11 is 7.39. The molecule has 0 spiro atoms. The molecule has 0 fully saturated rings. The van der Waals surface area contributed by atoms with Crippen LogP contribution in [0.1, 0.15) is 37.5 Å². The Morgan fingerprint density at radius 2 is 1.77 bits per heavy atom. The minimum absolute atomic E-state index is 0.176. The molecule has 2 amide bonds. The van der Waals surface area contributed by atoms with Crippen molar-refractivity contribution < 1.29 is 9.59 Å². The molecule has 2 aromatic heterocycles. The fourth-order valence-corrected chi connectivity index (χ4v) is 3.87. The fourth-order valence-electron chi connectivity index (χ4n) is 3.13. The molecule has 0 aliphatic carbocycles. The number of hydrogen-bond acceptors (Lipinski definition) is 4. The van der Waals surface area contributed by atoms with Crippen molar-refractivity contribution in [3.8, 4) is 0 Å². The van der Waals surface area contributed by atoms with Crippen molar-refractivity contribution in [1.29, 1.82) is 0 Å². The van der Waals surface area contributed by atoms with Crippen LogP contribution in [0.3, 0.4) is 0 Å². The van der Waals surface area contributed by atoms with Gasteiger partial charge in [-0.2, -0.15) is 0 Å². The topological polar surface area (TPSA) is 76.0 Å². The molecule has 4 rings (SSSR count). The van der Waals surface area contributed by atoms with Gasteiger partial charge in [-0.1, -0.05) is 29.8 Å². The van der Waals surface area contributed by atoms with Crippen molar-refractivity contribution in [3.05, 3.63) is 105 Å². The van der Waals surface area contributed by atoms with Gasteiger partial charge in [0.2, 0.25) is 0 Å². The van der Waals surface area contributed by atoms with Gasteiger partial charge < -0.3 is 15.2 Å². The zero-order chi connectivity index (χ0) is 21.8. The van der Waals surface area contributed by atoms with E-state index in [0.29, 0.717) is 27.0 Å². The monoisotopic (exact) mass is 450 g/mol. The molecule has 2 heterocycles. The Morgan fingerprint density at radius 3 is 2.39 bits per heavy atom. The maximum atomic E-state index is 13.0. The van der Waals surface area contributed by atoms with Crippen LogP contribution in [0.5, 0.6) is 0 Å². The number of aryl methyl sites for hydroxylation is 1. The van der Waals surface area contributed by atoms with Gasteiger partial charge in [0.05, 0.1) is 4.88 Å². The number of carbonyl (C=O) groups excluding carboxylic acids is 2. The van der Waals surface area contributed by atoms with Crippen LogP contribution in [0.25, 0.3) is 0 Å². The van der Waals surface area contributed by atoms with Crippen molar-refractivity contribution in [2.45, 2.75) is 6.04 Å². The molecule has 8 heteroatoms. The smallest absolute Gasteiger partial charge is 0.265 e. The van der Waals surface area contributed by atoms with E-state index < -0.39 is 6.04 Å². The zero-order valence-corrected chi connectivity index (χ0v) is 18.2. The van der Waals surface area contributed by atoms with Gasteiger partial charge in [0.15, 0.2) is 0 Å². The summed E-state index contributed by atoms with van der Waals surface area (Å²) in [5.41, 5.74) is 1.96. The minimum Gasteiger partial charge on any atom is -0.338 e. The first kappa shape index (κ1) is 20.8. The lowest BCUT2D eigenvalue weighted by atomic mass is 10.1. The molecule has 6 nitrogen and oxygen atoms in total. The molecule has 0 radical (unpaired) electrons. The van der Waals surface area contributed by atoms with E-state index in [2.05, 4.69) is 15.6 Å². The van der Waals surface area contributed by atoms with Crippen molar-refractivity contribution >= 4 is 40.4 Å². The predicted octanol–water partition coefficient (Wildman–Crippen LogP) is 4.91. The van der Waals surface area contributed by atoms with Crippen LogP contribution in [0, 0.1) is 0 Å². The van der Waals surface area contributed by atoms with Crippen LogP contribution >= 0.6 is 22.9 Å². The highest BCUT2D eigenvalue weighted by atomic mass is 35.5. The van der Waals surface area contributed by atoms with Gasteiger partial charge in [0.1, 0.15) is 11.9 Å². The summed E-state index contributed by atoms with van der Waals surface area (Å²) in [7, 11) is 1.88. The highest BCUT2D eigenvalue weighted by molar-refractivity contribution is 7.12. The number of benzene rings is 2. The normalized spacial score (nSPS) is 11.7. The first-order valence-corrected chi connectivity index (χ1v) is 10.8. The van der Waals surface area contributed by atoms with Crippen LogP contribution < -0.4 is 10.6 Å². The first-order chi connectivity index (χ1) is 15.0. The highest BCUT2D eigenvalue weighted by Crippen LogP contribution is 2.23. The number of amides is 2. The Labute approximate surface area is 188 Å². The Bertz CT molecular complexity index is 1190. The zero-order valence-electron chi connectivity index (χ0n) is 16.6. The average Bonchev–Trinajstić information content (AvgIpc) is 3.45. The first-order valence-electron chi connectivity index (χ1n) is 9.50. The van der Waals surface area contributed by atoms with E-state index >= 15 is 0 Å². The number of anilines is 1. The fraction of sp³-hybridized carbons (Fsp3) is 0.0870. The molecular weight excluding hydrogens is 432 g/mol. The number of nitrogens with zero attached hydrogens (tertiary/aromatic N) is 2. The van der Waals surface area contributed by atoms with Crippen LogP contribution in [-0.2, 0) is 7.05 Å². The summed E-state index contributed by atoms with van der Waals surface area (Å²) in [6, 6.07) is 17.2. The summed E-state index contributed by atoms with van der Waals surface area (Å²) in [4.78, 5) is 30.2. The summed E-state index contributed by atoms with van der Waals surface area (Å²) in [5, 5.41) is 8.34. The van der Waals surface area contributed by atoms with Crippen molar-refractivity contribution in [2.24, 2.45) is 7.05 Å². The van der Waals surface area contributed by atoms with Gasteiger partial charge in [-0.05, 0) is 53.4 Å². The van der Waals surface area contributed by atoms with Gasteiger partial charge >= 0.3 is 0 Å². The average molecular weight is 451 g/mol. The maximum Gasteiger partial charge on any atom is 0.265 e. The minimum atomic E-state index is -0.442. The van der Waals surface area contributed by atoms with Gasteiger partial charge in [-0.25, -0.2) is 4.98 Å². The van der Waals surface area contributed by atoms with Crippen LogP contribution in [0.2, 0.25) is 5.02 Å². The number of halogens is 1. The van der Waals surface area contributed by atoms with E-state index in [1.54, 1.807) is 48.7 Å². The Balaban J connectivity index is 1.51. The molecule has 4 aromatic rings. The molecule has 0 aliphatic rings. The lowest BCUT2D eigenvalue weighted by Crippen LogP contribution is -2.31. The Kier molecular flexibility index (Phi) is 6.16. The summed E-state index contributed by atoms with van der Waals surface area (Å²) in [6.45, 7) is 0. The molecule has 1 unspecified atom stereocenters. The maximum absolute atomic E-state index is 13.0. The molecule has 0 bridgehead atoms. The number of carbonyl (C=O) groups is 2. The van der Waals surface area contributed by atoms with Crippen molar-refractivity contribution in [2.75, 3.05) is 5.32 Å². The quantitative estimate of drug-likeness (QED) is 0.438. The number of thiophene rings is 1. The third kappa shape index (κ3) is 4.84. The largest absolute Gasteiger partial charge is 0.338 e. The summed E-state index contributed by atoms with van der Waals surface area (Å²) < 4.78 is 1.86. The molecule has 0 saturated heterocycles. The molecule has 2 N–H and O–H groups in total. The second-order valence-corrected chi connectivity index (χ2v) is 8.25. The predicted molar refractivity (Wildman–Crippen MR) is 123 cm³/mol. The molecule has 0 saturated carbocycles. The molecule has 31 heavy (non-hydrogen) atoms. The highest BCUT2D eigenvalue weighted by Gasteiger charge is 2.21. The Hall–Kier alpha value is -3.42. The molecular formula is C23H19ClN4O2S. The van der Waals surface area contributed by atoms with E-state index in [-0.39, 0.29) is 11.8 Å². The van der Waals surface area contributed by atoms with E-state index in [0.717, 1.165) is 5.56 Å². The standard InChI is InChI=1S/C23H19ClN4O2S/c1-28-13-12-25-21(28)20(15-4-8-17(24)9-5-15)27-22(29)16-6-10-18(11-7-16)26-23(30)19-3-2-14-31-19/h2-14,20H,1H3,(H,26,30)(H,27,29). The number of aromatic nitrogens is 2.